The Kier molecular flexibility index (Phi) is 5.79. The van der Waals surface area contributed by atoms with E-state index < -0.39 is 30.6 Å². The Labute approximate surface area is 100 Å². The number of nitrogens with one attached hydrogen (secondary N) is 1. The molecular formula is C10H20N2O5. The van der Waals surface area contributed by atoms with Gasteiger partial charge in [-0.15, -0.1) is 0 Å². The van der Waals surface area contributed by atoms with Crippen LogP contribution in [0.25, 0.3) is 0 Å². The monoisotopic (exact) mass is 248 g/mol. The van der Waals surface area contributed by atoms with Crippen molar-refractivity contribution in [2.75, 3.05) is 27.9 Å². The van der Waals surface area contributed by atoms with Crippen molar-refractivity contribution in [2.24, 2.45) is 4.99 Å². The summed E-state index contributed by atoms with van der Waals surface area (Å²) in [6.45, 7) is -0.252. The number of hydrogen-bond donors (Lipinski definition) is 3. The number of aliphatic hydroxyl groups is 2. The zero-order chi connectivity index (χ0) is 12.8. The van der Waals surface area contributed by atoms with E-state index in [4.69, 9.17) is 19.3 Å². The van der Waals surface area contributed by atoms with Crippen LogP contribution in [0.4, 0.5) is 0 Å². The van der Waals surface area contributed by atoms with Gasteiger partial charge in [0.1, 0.15) is 24.4 Å². The van der Waals surface area contributed by atoms with Crippen LogP contribution in [-0.4, -0.2) is 75.1 Å². The predicted octanol–water partition coefficient (Wildman–Crippen LogP) is -1.66. The largest absolute Gasteiger partial charge is 0.394 e. The average molecular weight is 248 g/mol. The van der Waals surface area contributed by atoms with Gasteiger partial charge in [-0.1, -0.05) is 0 Å². The van der Waals surface area contributed by atoms with Crippen molar-refractivity contribution in [2.45, 2.75) is 30.6 Å². The smallest absolute Gasteiger partial charge is 0.182 e. The second kappa shape index (κ2) is 6.87. The summed E-state index contributed by atoms with van der Waals surface area (Å²) in [7, 11) is 4.61. The van der Waals surface area contributed by atoms with E-state index in [0.29, 0.717) is 0 Å². The molecule has 0 aromatic carbocycles. The van der Waals surface area contributed by atoms with E-state index in [9.17, 15) is 5.11 Å². The lowest BCUT2D eigenvalue weighted by Crippen LogP contribution is -2.59. The van der Waals surface area contributed by atoms with Crippen LogP contribution >= 0.6 is 0 Å². The van der Waals surface area contributed by atoms with E-state index in [0.717, 1.165) is 0 Å². The molecule has 0 aromatic heterocycles. The van der Waals surface area contributed by atoms with Gasteiger partial charge in [0.15, 0.2) is 6.29 Å². The molecule has 0 bridgehead atoms. The van der Waals surface area contributed by atoms with Crippen molar-refractivity contribution in [3.05, 3.63) is 0 Å². The molecule has 0 amide bonds. The van der Waals surface area contributed by atoms with Crippen molar-refractivity contribution in [1.82, 2.24) is 5.32 Å². The number of nitrogens with zero attached hydrogens (tertiary/aromatic N) is 1. The van der Waals surface area contributed by atoms with Gasteiger partial charge in [0.05, 0.1) is 12.9 Å². The lowest BCUT2D eigenvalue weighted by atomic mass is 9.97. The fourth-order valence-electron chi connectivity index (χ4n) is 1.86. The van der Waals surface area contributed by atoms with E-state index in [1.54, 1.807) is 7.05 Å². The lowest BCUT2D eigenvalue weighted by molar-refractivity contribution is -0.262. The molecule has 5 unspecified atom stereocenters. The molecule has 3 N–H and O–H groups in total. The van der Waals surface area contributed by atoms with E-state index in [-0.39, 0.29) is 6.61 Å². The minimum atomic E-state index is -0.902. The molecule has 1 rings (SSSR count). The number of rotatable bonds is 5. The van der Waals surface area contributed by atoms with Gasteiger partial charge in [-0.3, -0.25) is 4.99 Å². The first kappa shape index (κ1) is 14.3. The molecular weight excluding hydrogens is 228 g/mol. The molecule has 1 aliphatic rings. The molecule has 1 aliphatic heterocycles. The summed E-state index contributed by atoms with van der Waals surface area (Å²) in [5.41, 5.74) is 0. The molecule has 100 valence electrons. The Morgan fingerprint density at radius 1 is 1.41 bits per heavy atom. The Balaban J connectivity index is 2.83. The number of ether oxygens (including phenoxy) is 3. The zero-order valence-corrected chi connectivity index (χ0v) is 10.2. The van der Waals surface area contributed by atoms with Gasteiger partial charge in [0, 0.05) is 21.3 Å². The van der Waals surface area contributed by atoms with Crippen molar-refractivity contribution >= 4 is 6.34 Å². The van der Waals surface area contributed by atoms with Gasteiger partial charge in [0.2, 0.25) is 0 Å². The van der Waals surface area contributed by atoms with Crippen molar-refractivity contribution < 1.29 is 24.4 Å². The molecule has 0 radical (unpaired) electrons. The van der Waals surface area contributed by atoms with Crippen LogP contribution in [0.2, 0.25) is 0 Å². The third-order valence-electron chi connectivity index (χ3n) is 2.70. The summed E-state index contributed by atoms with van der Waals surface area (Å²) in [4.78, 5) is 4.10. The molecule has 7 heteroatoms. The molecule has 7 nitrogen and oxygen atoms in total. The lowest BCUT2D eigenvalue weighted by Gasteiger charge is -2.41. The van der Waals surface area contributed by atoms with Gasteiger partial charge in [-0.2, -0.15) is 0 Å². The SMILES string of the molecule is CN/C=N/C1C(OC)OC(CO)C(OC)C1O. The van der Waals surface area contributed by atoms with Crippen molar-refractivity contribution in [3.8, 4) is 0 Å². The van der Waals surface area contributed by atoms with Gasteiger partial charge < -0.3 is 29.7 Å². The Morgan fingerprint density at radius 2 is 2.12 bits per heavy atom. The summed E-state index contributed by atoms with van der Waals surface area (Å²) in [6, 6.07) is -0.597. The zero-order valence-electron chi connectivity index (χ0n) is 10.2. The normalized spacial score (nSPS) is 38.5. The molecule has 0 aliphatic carbocycles. The summed E-state index contributed by atoms with van der Waals surface area (Å²) in [5, 5.41) is 22.0. The third kappa shape index (κ3) is 3.14. The molecule has 17 heavy (non-hydrogen) atoms. The Hall–Kier alpha value is -0.730. The first-order chi connectivity index (χ1) is 8.19. The Bertz CT molecular complexity index is 251. The van der Waals surface area contributed by atoms with E-state index >= 15 is 0 Å². The maximum absolute atomic E-state index is 10.1. The highest BCUT2D eigenvalue weighted by Gasteiger charge is 2.45. The first-order valence-corrected chi connectivity index (χ1v) is 5.38. The van der Waals surface area contributed by atoms with E-state index in [2.05, 4.69) is 10.3 Å². The second-order valence-electron chi connectivity index (χ2n) is 3.71. The summed E-state index contributed by atoms with van der Waals surface area (Å²) >= 11 is 0. The van der Waals surface area contributed by atoms with Crippen molar-refractivity contribution in [1.29, 1.82) is 0 Å². The van der Waals surface area contributed by atoms with Crippen LogP contribution in [0.3, 0.4) is 0 Å². The Morgan fingerprint density at radius 3 is 2.59 bits per heavy atom. The highest BCUT2D eigenvalue weighted by atomic mass is 16.7. The summed E-state index contributed by atoms with van der Waals surface area (Å²) in [5.74, 6) is 0. The van der Waals surface area contributed by atoms with Crippen molar-refractivity contribution in [3.63, 3.8) is 0 Å². The molecule has 0 aromatic rings. The van der Waals surface area contributed by atoms with Crippen LogP contribution in [0.1, 0.15) is 0 Å². The van der Waals surface area contributed by atoms with Gasteiger partial charge >= 0.3 is 0 Å². The highest BCUT2D eigenvalue weighted by Crippen LogP contribution is 2.25. The van der Waals surface area contributed by atoms with Gasteiger partial charge in [-0.05, 0) is 0 Å². The second-order valence-corrected chi connectivity index (χ2v) is 3.71. The number of aliphatic hydroxyl groups excluding tert-OH is 2. The highest BCUT2D eigenvalue weighted by molar-refractivity contribution is 5.54. The maximum atomic E-state index is 10.1. The molecule has 1 saturated heterocycles. The average Bonchev–Trinajstić information content (AvgIpc) is 2.36. The quantitative estimate of drug-likeness (QED) is 0.398. The molecule has 0 saturated carbocycles. The number of aliphatic imine (C=N–C) groups is 1. The molecule has 0 spiro atoms. The van der Waals surface area contributed by atoms with E-state index in [1.807, 2.05) is 0 Å². The van der Waals surface area contributed by atoms with Crippen LogP contribution in [0.5, 0.6) is 0 Å². The van der Waals surface area contributed by atoms with Crippen LogP contribution in [-0.2, 0) is 14.2 Å². The molecule has 1 heterocycles. The fourth-order valence-corrected chi connectivity index (χ4v) is 1.86. The minimum absolute atomic E-state index is 0.252. The number of methoxy groups -OCH3 is 2. The standard InChI is InChI=1S/C10H20N2O5/c1-11-5-12-7-8(14)9(15-2)6(4-13)17-10(7)16-3/h5-10,13-14H,4H2,1-3H3,(H,11,12). The first-order valence-electron chi connectivity index (χ1n) is 5.38. The maximum Gasteiger partial charge on any atom is 0.182 e. The van der Waals surface area contributed by atoms with Crippen LogP contribution < -0.4 is 5.32 Å². The molecule has 5 atom stereocenters. The third-order valence-corrected chi connectivity index (χ3v) is 2.70. The van der Waals surface area contributed by atoms with Crippen LogP contribution in [0.15, 0.2) is 4.99 Å². The van der Waals surface area contributed by atoms with Gasteiger partial charge in [-0.25, -0.2) is 0 Å². The number of hydrogen-bond acceptors (Lipinski definition) is 6. The van der Waals surface area contributed by atoms with Crippen LogP contribution in [0, 0.1) is 0 Å². The molecule has 1 fully saturated rings. The predicted molar refractivity (Wildman–Crippen MR) is 60.9 cm³/mol. The fraction of sp³-hybridized carbons (Fsp3) is 0.900. The summed E-state index contributed by atoms with van der Waals surface area (Å²) < 4.78 is 15.7. The van der Waals surface area contributed by atoms with E-state index in [1.165, 1.54) is 20.6 Å². The van der Waals surface area contributed by atoms with Gasteiger partial charge in [0.25, 0.3) is 0 Å². The minimum Gasteiger partial charge on any atom is -0.394 e. The topological polar surface area (TPSA) is 92.5 Å². The summed E-state index contributed by atoms with van der Waals surface area (Å²) in [6.07, 6.45) is -1.42.